The van der Waals surface area contributed by atoms with Gasteiger partial charge in [-0.25, -0.2) is 4.98 Å². The van der Waals surface area contributed by atoms with Crippen molar-refractivity contribution in [3.63, 3.8) is 0 Å². The smallest absolute Gasteiger partial charge is 0.186 e. The van der Waals surface area contributed by atoms with Gasteiger partial charge in [0.25, 0.3) is 0 Å². The molecule has 3 atom stereocenters. The summed E-state index contributed by atoms with van der Waals surface area (Å²) >= 11 is 1.84. The van der Waals surface area contributed by atoms with Crippen molar-refractivity contribution in [1.29, 1.82) is 0 Å². The van der Waals surface area contributed by atoms with Gasteiger partial charge in [-0.3, -0.25) is 0 Å². The number of fused-ring (bicyclic) bond motifs is 1. The fourth-order valence-corrected chi connectivity index (χ4v) is 4.42. The van der Waals surface area contributed by atoms with E-state index >= 15 is 0 Å². The third-order valence-corrected chi connectivity index (χ3v) is 5.75. The fourth-order valence-electron chi connectivity index (χ4n) is 3.21. The average Bonchev–Trinajstić information content (AvgIpc) is 3.03. The van der Waals surface area contributed by atoms with Gasteiger partial charge in [0.15, 0.2) is 5.13 Å². The topological polar surface area (TPSA) is 37.4 Å². The molecule has 106 valence electrons. The Bertz CT molecular complexity index is 448. The van der Waals surface area contributed by atoms with Gasteiger partial charge in [-0.15, -0.1) is 11.3 Å². The SMILES string of the molecule is CNC(C)c1sc(N2CCOC3CCCC32)nc1C. The lowest BCUT2D eigenvalue weighted by Gasteiger charge is -2.37. The van der Waals surface area contributed by atoms with E-state index in [1.807, 2.05) is 18.4 Å². The largest absolute Gasteiger partial charge is 0.374 e. The van der Waals surface area contributed by atoms with Crippen molar-refractivity contribution in [1.82, 2.24) is 10.3 Å². The highest BCUT2D eigenvalue weighted by Gasteiger charge is 2.37. The van der Waals surface area contributed by atoms with Crippen molar-refractivity contribution in [2.45, 2.75) is 51.3 Å². The molecule has 0 bridgehead atoms. The number of aryl methyl sites for hydroxylation is 1. The van der Waals surface area contributed by atoms with Gasteiger partial charge >= 0.3 is 0 Å². The molecule has 1 saturated heterocycles. The Labute approximate surface area is 119 Å². The number of hydrogen-bond acceptors (Lipinski definition) is 5. The van der Waals surface area contributed by atoms with Crippen LogP contribution in [0.4, 0.5) is 5.13 Å². The summed E-state index contributed by atoms with van der Waals surface area (Å²) < 4.78 is 5.88. The Hall–Kier alpha value is -0.650. The van der Waals surface area contributed by atoms with Crippen molar-refractivity contribution in [3.05, 3.63) is 10.6 Å². The lowest BCUT2D eigenvalue weighted by Crippen LogP contribution is -2.48. The molecule has 0 aromatic carbocycles. The third kappa shape index (κ3) is 2.39. The molecule has 2 heterocycles. The van der Waals surface area contributed by atoms with E-state index in [-0.39, 0.29) is 0 Å². The highest BCUT2D eigenvalue weighted by atomic mass is 32.1. The summed E-state index contributed by atoms with van der Waals surface area (Å²) in [6.07, 6.45) is 4.18. The zero-order valence-corrected chi connectivity index (χ0v) is 12.8. The first-order valence-electron chi connectivity index (χ1n) is 7.23. The second-order valence-electron chi connectivity index (χ2n) is 5.56. The standard InChI is InChI=1S/C14H23N3OS/c1-9(15-3)13-10(2)16-14(19-13)17-7-8-18-12-6-4-5-11(12)17/h9,11-12,15H,4-8H2,1-3H3. The molecule has 2 aliphatic rings. The molecule has 3 rings (SSSR count). The van der Waals surface area contributed by atoms with Gasteiger partial charge in [0, 0.05) is 17.5 Å². The van der Waals surface area contributed by atoms with Gasteiger partial charge in [0.05, 0.1) is 24.4 Å². The quantitative estimate of drug-likeness (QED) is 0.923. The Morgan fingerprint density at radius 2 is 2.32 bits per heavy atom. The van der Waals surface area contributed by atoms with Gasteiger partial charge in [0.1, 0.15) is 0 Å². The molecule has 1 aliphatic heterocycles. The minimum absolute atomic E-state index is 0.381. The minimum atomic E-state index is 0.381. The summed E-state index contributed by atoms with van der Waals surface area (Å²) in [7, 11) is 2.01. The van der Waals surface area contributed by atoms with E-state index in [0.717, 1.165) is 13.2 Å². The summed E-state index contributed by atoms with van der Waals surface area (Å²) in [6.45, 7) is 6.15. The average molecular weight is 281 g/mol. The van der Waals surface area contributed by atoms with Crippen LogP contribution in [0.15, 0.2) is 0 Å². The van der Waals surface area contributed by atoms with Gasteiger partial charge < -0.3 is 15.0 Å². The molecular weight excluding hydrogens is 258 g/mol. The molecule has 4 nitrogen and oxygen atoms in total. The first-order chi connectivity index (χ1) is 9.20. The monoisotopic (exact) mass is 281 g/mol. The molecule has 1 aromatic rings. The minimum Gasteiger partial charge on any atom is -0.374 e. The highest BCUT2D eigenvalue weighted by molar-refractivity contribution is 7.15. The normalized spacial score (nSPS) is 28.5. The lowest BCUT2D eigenvalue weighted by atomic mass is 10.1. The Morgan fingerprint density at radius 1 is 1.47 bits per heavy atom. The van der Waals surface area contributed by atoms with E-state index in [1.165, 1.54) is 35.0 Å². The van der Waals surface area contributed by atoms with Crippen LogP contribution in [0.1, 0.15) is 42.8 Å². The number of hydrogen-bond donors (Lipinski definition) is 1. The number of anilines is 1. The number of nitrogens with one attached hydrogen (secondary N) is 1. The Kier molecular flexibility index (Phi) is 3.78. The lowest BCUT2D eigenvalue weighted by molar-refractivity contribution is 0.0256. The van der Waals surface area contributed by atoms with Crippen LogP contribution in [0.2, 0.25) is 0 Å². The fraction of sp³-hybridized carbons (Fsp3) is 0.786. The molecule has 1 saturated carbocycles. The second kappa shape index (κ2) is 5.38. The van der Waals surface area contributed by atoms with Crippen molar-refractivity contribution < 1.29 is 4.74 Å². The van der Waals surface area contributed by atoms with Crippen LogP contribution in [0, 0.1) is 6.92 Å². The molecule has 5 heteroatoms. The summed E-state index contributed by atoms with van der Waals surface area (Å²) in [5.74, 6) is 0. The highest BCUT2D eigenvalue weighted by Crippen LogP contribution is 2.37. The summed E-state index contributed by atoms with van der Waals surface area (Å²) in [5, 5.41) is 4.50. The number of aromatic nitrogens is 1. The molecular formula is C14H23N3OS. The molecule has 1 aliphatic carbocycles. The maximum atomic E-state index is 5.88. The Balaban J connectivity index is 1.85. The van der Waals surface area contributed by atoms with Crippen LogP contribution in [-0.4, -0.2) is 37.3 Å². The van der Waals surface area contributed by atoms with Crippen molar-refractivity contribution >= 4 is 16.5 Å². The van der Waals surface area contributed by atoms with Crippen LogP contribution in [0.5, 0.6) is 0 Å². The maximum absolute atomic E-state index is 5.88. The van der Waals surface area contributed by atoms with E-state index in [1.54, 1.807) is 0 Å². The molecule has 0 spiro atoms. The van der Waals surface area contributed by atoms with Crippen molar-refractivity contribution in [3.8, 4) is 0 Å². The third-order valence-electron chi connectivity index (χ3n) is 4.38. The molecule has 1 aromatic heterocycles. The van der Waals surface area contributed by atoms with E-state index in [2.05, 4.69) is 24.1 Å². The van der Waals surface area contributed by atoms with Gasteiger partial charge in [-0.2, -0.15) is 0 Å². The van der Waals surface area contributed by atoms with Gasteiger partial charge in [0.2, 0.25) is 0 Å². The molecule has 1 N–H and O–H groups in total. The van der Waals surface area contributed by atoms with Gasteiger partial charge in [-0.1, -0.05) is 0 Å². The number of rotatable bonds is 3. The number of morpholine rings is 1. The molecule has 19 heavy (non-hydrogen) atoms. The van der Waals surface area contributed by atoms with Crippen LogP contribution in [0.3, 0.4) is 0 Å². The van der Waals surface area contributed by atoms with Gasteiger partial charge in [-0.05, 0) is 40.2 Å². The second-order valence-corrected chi connectivity index (χ2v) is 6.57. The first-order valence-corrected chi connectivity index (χ1v) is 8.05. The van der Waals surface area contributed by atoms with E-state index in [0.29, 0.717) is 18.2 Å². The van der Waals surface area contributed by atoms with Crippen LogP contribution in [0.25, 0.3) is 0 Å². The summed E-state index contributed by atoms with van der Waals surface area (Å²) in [5.41, 5.74) is 1.17. The van der Waals surface area contributed by atoms with E-state index < -0.39 is 0 Å². The molecule has 2 fully saturated rings. The maximum Gasteiger partial charge on any atom is 0.186 e. The zero-order valence-electron chi connectivity index (χ0n) is 12.0. The molecule has 0 amide bonds. The van der Waals surface area contributed by atoms with Crippen molar-refractivity contribution in [2.75, 3.05) is 25.1 Å². The van der Waals surface area contributed by atoms with Crippen LogP contribution >= 0.6 is 11.3 Å². The Morgan fingerprint density at radius 3 is 3.11 bits per heavy atom. The van der Waals surface area contributed by atoms with E-state index in [4.69, 9.17) is 9.72 Å². The molecule has 0 radical (unpaired) electrons. The van der Waals surface area contributed by atoms with Crippen LogP contribution in [-0.2, 0) is 4.74 Å². The predicted octanol–water partition coefficient (Wildman–Crippen LogP) is 2.49. The first kappa shape index (κ1) is 13.3. The summed E-state index contributed by atoms with van der Waals surface area (Å²) in [6, 6.07) is 0.934. The van der Waals surface area contributed by atoms with Crippen molar-refractivity contribution in [2.24, 2.45) is 0 Å². The number of nitrogens with zero attached hydrogens (tertiary/aromatic N) is 2. The van der Waals surface area contributed by atoms with Crippen LogP contribution < -0.4 is 10.2 Å². The predicted molar refractivity (Wildman–Crippen MR) is 79.1 cm³/mol. The summed E-state index contributed by atoms with van der Waals surface area (Å²) in [4.78, 5) is 8.66. The number of ether oxygens (including phenoxy) is 1. The molecule has 3 unspecified atom stereocenters. The zero-order chi connectivity index (χ0) is 13.4. The number of thiazole rings is 1. The van der Waals surface area contributed by atoms with E-state index in [9.17, 15) is 0 Å².